The lowest BCUT2D eigenvalue weighted by molar-refractivity contribution is 0.291. The van der Waals surface area contributed by atoms with Gasteiger partial charge < -0.3 is 9.47 Å². The Bertz CT molecular complexity index is 663. The Balaban J connectivity index is 2.01. The average Bonchev–Trinajstić information content (AvgIpc) is 2.53. The molecule has 0 spiro atoms. The number of hydrogen-bond donors (Lipinski definition) is 0. The summed E-state index contributed by atoms with van der Waals surface area (Å²) in [6.07, 6.45) is 1.66. The molecule has 0 saturated carbocycles. The van der Waals surface area contributed by atoms with Gasteiger partial charge in [-0.2, -0.15) is 0 Å². The molecule has 1 aromatic heterocycles. The Labute approximate surface area is 133 Å². The van der Waals surface area contributed by atoms with E-state index in [1.807, 2.05) is 45.0 Å². The van der Waals surface area contributed by atoms with E-state index in [1.54, 1.807) is 12.3 Å². The zero-order chi connectivity index (χ0) is 16.9. The second-order valence-electron chi connectivity index (χ2n) is 5.04. The molecule has 4 nitrogen and oxygen atoms in total. The molecule has 2 rings (SSSR count). The van der Waals surface area contributed by atoms with E-state index in [0.717, 1.165) is 17.0 Å². The minimum atomic E-state index is -0.611. The van der Waals surface area contributed by atoms with E-state index in [0.29, 0.717) is 24.8 Å². The van der Waals surface area contributed by atoms with Gasteiger partial charge in [0.2, 0.25) is 0 Å². The van der Waals surface area contributed by atoms with E-state index in [4.69, 9.17) is 10.8 Å². The van der Waals surface area contributed by atoms with E-state index in [-0.39, 0.29) is 0 Å². The van der Waals surface area contributed by atoms with Crippen molar-refractivity contribution in [3.63, 3.8) is 0 Å². The monoisotopic (exact) mass is 299 g/mol. The summed E-state index contributed by atoms with van der Waals surface area (Å²) in [6, 6.07) is 9.35. The van der Waals surface area contributed by atoms with Crippen LogP contribution in [0.5, 0.6) is 5.75 Å². The number of aromatic nitrogens is 2. The topological polar surface area (TPSA) is 44.2 Å². The summed E-state index contributed by atoms with van der Waals surface area (Å²) in [5.74, 6) is 1.05. The van der Waals surface area contributed by atoms with E-state index in [2.05, 4.69) is 16.5 Å². The number of rotatable bonds is 7. The molecule has 0 aliphatic heterocycles. The van der Waals surface area contributed by atoms with E-state index in [9.17, 15) is 0 Å². The van der Waals surface area contributed by atoms with Crippen LogP contribution in [0.3, 0.4) is 0 Å². The molecule has 0 N–H and O–H groups in total. The summed E-state index contributed by atoms with van der Waals surface area (Å²) in [7, 11) is 0. The fourth-order valence-electron chi connectivity index (χ4n) is 1.89. The molecule has 22 heavy (non-hydrogen) atoms. The smallest absolute Gasteiger partial charge is 0.194 e. The summed E-state index contributed by atoms with van der Waals surface area (Å²) in [5, 5.41) is 0. The highest BCUT2D eigenvalue weighted by molar-refractivity contribution is 5.49. The van der Waals surface area contributed by atoms with Gasteiger partial charge >= 0.3 is 0 Å². The Morgan fingerprint density at radius 3 is 2.64 bits per heavy atom. The minimum absolute atomic E-state index is 0.332. The molecule has 0 unspecified atom stereocenters. The maximum Gasteiger partial charge on any atom is 0.194 e. The Morgan fingerprint density at radius 2 is 2.00 bits per heavy atom. The maximum atomic E-state index is 8.00. The van der Waals surface area contributed by atoms with Crippen LogP contribution < -0.4 is 4.74 Å². The molecule has 0 fully saturated rings. The largest absolute Gasteiger partial charge is 0.491 e. The van der Waals surface area contributed by atoms with Gasteiger partial charge in [-0.1, -0.05) is 32.6 Å². The van der Waals surface area contributed by atoms with Gasteiger partial charge in [-0.05, 0) is 36.6 Å². The van der Waals surface area contributed by atoms with Crippen LogP contribution in [0.1, 0.15) is 45.1 Å². The van der Waals surface area contributed by atoms with Gasteiger partial charge in [-0.25, -0.2) is 9.97 Å². The van der Waals surface area contributed by atoms with Gasteiger partial charge in [0.1, 0.15) is 12.4 Å². The summed E-state index contributed by atoms with van der Waals surface area (Å²) in [6.45, 7) is 10.3. The number of benzene rings is 1. The molecular weight excluding hydrogens is 276 g/mol. The molecule has 4 heteroatoms. The number of hydrogen-bond acceptors (Lipinski definition) is 4. The summed E-state index contributed by atoms with van der Waals surface area (Å²) < 4.78 is 19.0. The quantitative estimate of drug-likeness (QED) is 0.719. The minimum Gasteiger partial charge on any atom is -0.491 e. The van der Waals surface area contributed by atoms with Crippen LogP contribution in [-0.2, 0) is 11.3 Å². The predicted molar refractivity (Wildman–Crippen MR) is 87.6 cm³/mol. The molecule has 0 atom stereocenters. The lowest BCUT2D eigenvalue weighted by Gasteiger charge is -2.10. The van der Waals surface area contributed by atoms with Crippen LogP contribution in [0.4, 0.5) is 0 Å². The molecule has 0 aliphatic carbocycles. The third-order valence-electron chi connectivity index (χ3n) is 3.10. The van der Waals surface area contributed by atoms with Crippen LogP contribution >= 0.6 is 0 Å². The van der Waals surface area contributed by atoms with E-state index in [1.165, 1.54) is 0 Å². The third-order valence-corrected chi connectivity index (χ3v) is 3.10. The van der Waals surface area contributed by atoms with Crippen molar-refractivity contribution < 1.29 is 10.8 Å². The van der Waals surface area contributed by atoms with Gasteiger partial charge in [-0.15, -0.1) is 0 Å². The van der Waals surface area contributed by atoms with E-state index >= 15 is 0 Å². The highest BCUT2D eigenvalue weighted by Crippen LogP contribution is 2.19. The predicted octanol–water partition coefficient (Wildman–Crippen LogP) is 4.19. The SMILES string of the molecule is [2H]C(C)(C)c1ccc(OCc2ccnc(C(=C)OCC)n2)cc1. The molecule has 1 heterocycles. The number of ether oxygens (including phenoxy) is 2. The molecule has 0 aliphatic rings. The highest BCUT2D eigenvalue weighted by Gasteiger charge is 2.05. The lowest BCUT2D eigenvalue weighted by Crippen LogP contribution is -2.03. The molecule has 2 aromatic rings. The third kappa shape index (κ3) is 4.32. The average molecular weight is 299 g/mol. The molecule has 0 saturated heterocycles. The van der Waals surface area contributed by atoms with Crippen LogP contribution in [0.25, 0.3) is 5.76 Å². The highest BCUT2D eigenvalue weighted by atomic mass is 16.5. The Kier molecular flexibility index (Phi) is 5.03. The van der Waals surface area contributed by atoms with Crippen molar-refractivity contribution in [1.82, 2.24) is 9.97 Å². The first-order valence-electron chi connectivity index (χ1n) is 7.77. The zero-order valence-electron chi connectivity index (χ0n) is 14.3. The van der Waals surface area contributed by atoms with Gasteiger partial charge in [-0.3, -0.25) is 0 Å². The first-order valence-corrected chi connectivity index (χ1v) is 7.27. The maximum absolute atomic E-state index is 8.00. The second kappa shape index (κ2) is 7.59. The van der Waals surface area contributed by atoms with Crippen molar-refractivity contribution in [3.05, 3.63) is 60.2 Å². The van der Waals surface area contributed by atoms with Crippen molar-refractivity contribution in [2.45, 2.75) is 33.3 Å². The normalized spacial score (nSPS) is 11.7. The fourth-order valence-corrected chi connectivity index (χ4v) is 1.89. The molecular formula is C18H22N2O2. The number of nitrogens with zero attached hydrogens (tertiary/aromatic N) is 2. The van der Waals surface area contributed by atoms with E-state index < -0.39 is 5.89 Å². The molecule has 0 bridgehead atoms. The summed E-state index contributed by atoms with van der Waals surface area (Å²) in [5.41, 5.74) is 1.70. The molecule has 0 radical (unpaired) electrons. The van der Waals surface area contributed by atoms with Crippen LogP contribution in [0, 0.1) is 0 Å². The van der Waals surface area contributed by atoms with Crippen molar-refractivity contribution in [3.8, 4) is 5.75 Å². The van der Waals surface area contributed by atoms with Gasteiger partial charge in [0, 0.05) is 7.57 Å². The van der Waals surface area contributed by atoms with Gasteiger partial charge in [0.05, 0.1) is 12.3 Å². The first-order chi connectivity index (χ1) is 10.9. The zero-order valence-corrected chi connectivity index (χ0v) is 13.3. The molecule has 0 amide bonds. The summed E-state index contributed by atoms with van der Waals surface area (Å²) in [4.78, 5) is 8.51. The van der Waals surface area contributed by atoms with Gasteiger partial charge in [0.15, 0.2) is 11.6 Å². The van der Waals surface area contributed by atoms with Crippen molar-refractivity contribution in [1.29, 1.82) is 0 Å². The standard InChI is InChI=1S/C18H22N2O2/c1-5-21-14(4)18-19-11-10-16(20-18)12-22-17-8-6-15(7-9-17)13(2)3/h6-11,13H,4-5,12H2,1-3H3/i13D. The van der Waals surface area contributed by atoms with Crippen LogP contribution in [0.2, 0.25) is 0 Å². The van der Waals surface area contributed by atoms with Crippen molar-refractivity contribution in [2.24, 2.45) is 0 Å². The second-order valence-corrected chi connectivity index (χ2v) is 5.04. The van der Waals surface area contributed by atoms with Crippen LogP contribution in [-0.4, -0.2) is 16.6 Å². The lowest BCUT2D eigenvalue weighted by atomic mass is 10.0. The van der Waals surface area contributed by atoms with Crippen molar-refractivity contribution in [2.75, 3.05) is 6.61 Å². The Hall–Kier alpha value is -2.36. The van der Waals surface area contributed by atoms with Crippen LogP contribution in [0.15, 0.2) is 43.1 Å². The molecule has 116 valence electrons. The Morgan fingerprint density at radius 1 is 1.27 bits per heavy atom. The first kappa shape index (κ1) is 14.6. The summed E-state index contributed by atoms with van der Waals surface area (Å²) >= 11 is 0. The molecule has 1 aromatic carbocycles. The fraction of sp³-hybridized carbons (Fsp3) is 0.333. The van der Waals surface area contributed by atoms with Crippen molar-refractivity contribution >= 4 is 5.76 Å². The van der Waals surface area contributed by atoms with Gasteiger partial charge in [0.25, 0.3) is 0 Å².